The number of carbonyl (C=O) groups is 4. The van der Waals surface area contributed by atoms with E-state index in [1.807, 2.05) is 0 Å². The summed E-state index contributed by atoms with van der Waals surface area (Å²) in [7, 11) is 0. The number of primary amides is 1. The monoisotopic (exact) mass is 503 g/mol. The molecule has 13 heteroatoms. The molecule has 0 spiro atoms. The van der Waals surface area contributed by atoms with E-state index in [0.717, 1.165) is 17.0 Å². The highest BCUT2D eigenvalue weighted by atomic mass is 32.1. The molecule has 0 fully saturated rings. The number of furan rings is 1. The van der Waals surface area contributed by atoms with Gasteiger partial charge in [-0.25, -0.2) is 4.39 Å². The fraction of sp³-hybridized carbons (Fsp3) is 0.227. The van der Waals surface area contributed by atoms with Crippen LogP contribution in [0.1, 0.15) is 44.4 Å². The predicted octanol–water partition coefficient (Wildman–Crippen LogP) is 1.62. The predicted molar refractivity (Wildman–Crippen MR) is 122 cm³/mol. The van der Waals surface area contributed by atoms with E-state index in [1.54, 1.807) is 19.1 Å². The number of nitrogens with one attached hydrogen (secondary N) is 1. The van der Waals surface area contributed by atoms with Crippen LogP contribution >= 0.6 is 11.5 Å². The number of halogens is 1. The Hall–Kier alpha value is -4.26. The van der Waals surface area contributed by atoms with Crippen LogP contribution in [0.15, 0.2) is 47.1 Å². The number of hydrogen-bond donors (Lipinski definition) is 3. The van der Waals surface area contributed by atoms with Crippen molar-refractivity contribution in [1.29, 1.82) is 0 Å². The van der Waals surface area contributed by atoms with Crippen LogP contribution in [0.25, 0.3) is 0 Å². The van der Waals surface area contributed by atoms with Crippen LogP contribution in [0.3, 0.4) is 0 Å². The fourth-order valence-corrected chi connectivity index (χ4v) is 3.96. The number of hydrogen-bond acceptors (Lipinski definition) is 9. The van der Waals surface area contributed by atoms with E-state index >= 15 is 0 Å². The Morgan fingerprint density at radius 2 is 1.94 bits per heavy atom. The van der Waals surface area contributed by atoms with E-state index in [-0.39, 0.29) is 35.0 Å². The van der Waals surface area contributed by atoms with E-state index in [4.69, 9.17) is 20.6 Å². The molecule has 0 aliphatic rings. The number of esters is 1. The maximum atomic E-state index is 13.6. The maximum Gasteiger partial charge on any atom is 0.325 e. The van der Waals surface area contributed by atoms with Crippen molar-refractivity contribution in [3.05, 3.63) is 70.4 Å². The van der Waals surface area contributed by atoms with Gasteiger partial charge in [0.25, 0.3) is 11.8 Å². The molecule has 2 aromatic heterocycles. The van der Waals surface area contributed by atoms with Crippen LogP contribution in [-0.2, 0) is 20.9 Å². The Morgan fingerprint density at radius 1 is 1.23 bits per heavy atom. The van der Waals surface area contributed by atoms with Gasteiger partial charge in [0, 0.05) is 0 Å². The smallest absolute Gasteiger partial charge is 0.325 e. The lowest BCUT2D eigenvalue weighted by Gasteiger charge is -2.30. The van der Waals surface area contributed by atoms with Gasteiger partial charge in [-0.1, -0.05) is 12.1 Å². The minimum atomic E-state index is -1.35. The molecule has 3 rings (SSSR count). The highest BCUT2D eigenvalue weighted by Crippen LogP contribution is 2.30. The zero-order valence-electron chi connectivity index (χ0n) is 18.5. The minimum absolute atomic E-state index is 0.117. The Morgan fingerprint density at radius 3 is 2.51 bits per heavy atom. The summed E-state index contributed by atoms with van der Waals surface area (Å²) in [5.41, 5.74) is 10.9. The summed E-state index contributed by atoms with van der Waals surface area (Å²) >= 11 is 0.642. The van der Waals surface area contributed by atoms with Crippen LogP contribution in [0.2, 0.25) is 0 Å². The summed E-state index contributed by atoms with van der Waals surface area (Å²) in [5.74, 6) is -3.34. The first kappa shape index (κ1) is 25.4. The summed E-state index contributed by atoms with van der Waals surface area (Å²) < 4.78 is 27.7. The zero-order valence-corrected chi connectivity index (χ0v) is 19.3. The van der Waals surface area contributed by atoms with Crippen molar-refractivity contribution in [3.8, 4) is 0 Å². The first-order valence-corrected chi connectivity index (χ1v) is 11.1. The van der Waals surface area contributed by atoms with Gasteiger partial charge in [0.1, 0.15) is 29.0 Å². The van der Waals surface area contributed by atoms with Gasteiger partial charge in [0.05, 0.1) is 25.1 Å². The SMILES string of the molecule is CCOC(=O)CNC(=O)[C@H](c1ccc(F)cc1)N(Cc1ccco1)C(=O)c1snc(C(N)=O)c1N. The van der Waals surface area contributed by atoms with E-state index in [0.29, 0.717) is 17.3 Å². The van der Waals surface area contributed by atoms with E-state index in [2.05, 4.69) is 9.69 Å². The van der Waals surface area contributed by atoms with Gasteiger partial charge in [-0.2, -0.15) is 4.37 Å². The van der Waals surface area contributed by atoms with Crippen molar-refractivity contribution < 1.29 is 32.7 Å². The molecule has 5 N–H and O–H groups in total. The molecule has 0 aliphatic carbocycles. The molecule has 0 bridgehead atoms. The van der Waals surface area contributed by atoms with Gasteiger partial charge in [0.15, 0.2) is 5.69 Å². The lowest BCUT2D eigenvalue weighted by Crippen LogP contribution is -2.44. The first-order chi connectivity index (χ1) is 16.7. The minimum Gasteiger partial charge on any atom is -0.467 e. The molecule has 0 saturated carbocycles. The number of carbonyl (C=O) groups excluding carboxylic acids is 4. The summed E-state index contributed by atoms with van der Waals surface area (Å²) in [6.45, 7) is 1.07. The van der Waals surface area contributed by atoms with Crippen LogP contribution in [0, 0.1) is 5.82 Å². The molecule has 0 saturated heterocycles. The molecule has 1 aromatic carbocycles. The molecule has 0 aliphatic heterocycles. The molecular formula is C22H22FN5O6S. The number of nitrogens with two attached hydrogens (primary N) is 2. The number of aromatic nitrogens is 1. The van der Waals surface area contributed by atoms with Crippen LogP contribution in [0.4, 0.5) is 10.1 Å². The lowest BCUT2D eigenvalue weighted by molar-refractivity contribution is -0.144. The van der Waals surface area contributed by atoms with Gasteiger partial charge in [-0.3, -0.25) is 19.2 Å². The van der Waals surface area contributed by atoms with Gasteiger partial charge in [-0.05, 0) is 48.3 Å². The van der Waals surface area contributed by atoms with Crippen LogP contribution < -0.4 is 16.8 Å². The Labute approximate surface area is 203 Å². The summed E-state index contributed by atoms with van der Waals surface area (Å²) in [6.07, 6.45) is 1.39. The third kappa shape index (κ3) is 6.00. The summed E-state index contributed by atoms with van der Waals surface area (Å²) in [6, 6.07) is 6.75. The van der Waals surface area contributed by atoms with Crippen molar-refractivity contribution in [2.75, 3.05) is 18.9 Å². The molecular weight excluding hydrogens is 481 g/mol. The summed E-state index contributed by atoms with van der Waals surface area (Å²) in [5, 5.41) is 2.44. The molecule has 35 heavy (non-hydrogen) atoms. The van der Waals surface area contributed by atoms with Crippen molar-refractivity contribution in [3.63, 3.8) is 0 Å². The highest BCUT2D eigenvalue weighted by molar-refractivity contribution is 7.09. The quantitative estimate of drug-likeness (QED) is 0.350. The number of ether oxygens (including phenoxy) is 1. The number of benzene rings is 1. The van der Waals surface area contributed by atoms with Crippen LogP contribution in [0.5, 0.6) is 0 Å². The molecule has 3 amide bonds. The number of nitrogen functional groups attached to an aromatic ring is 1. The maximum absolute atomic E-state index is 13.6. The van der Waals surface area contributed by atoms with E-state index in [9.17, 15) is 23.6 Å². The summed E-state index contributed by atoms with van der Waals surface area (Å²) in [4.78, 5) is 51.3. The molecule has 11 nitrogen and oxygen atoms in total. The normalized spacial score (nSPS) is 11.5. The largest absolute Gasteiger partial charge is 0.467 e. The molecule has 1 atom stereocenters. The number of rotatable bonds is 10. The third-order valence-electron chi connectivity index (χ3n) is 4.78. The molecule has 3 aromatic rings. The Balaban J connectivity index is 2.05. The highest BCUT2D eigenvalue weighted by Gasteiger charge is 2.35. The average molecular weight is 504 g/mol. The van der Waals surface area contributed by atoms with Crippen molar-refractivity contribution in [2.24, 2.45) is 5.73 Å². The standard InChI is InChI=1S/C22H22FN5O6S/c1-2-33-15(29)10-26-21(31)18(12-5-7-13(23)8-6-12)28(11-14-4-3-9-34-14)22(32)19-16(24)17(20(25)30)27-35-19/h3-9,18H,2,10-11,24H2,1H3,(H2,25,30)(H,26,31)/t18-/m0/s1. The van der Waals surface area contributed by atoms with Gasteiger partial charge >= 0.3 is 5.97 Å². The van der Waals surface area contributed by atoms with Crippen molar-refractivity contribution in [2.45, 2.75) is 19.5 Å². The fourth-order valence-electron chi connectivity index (χ4n) is 3.20. The second kappa shape index (κ2) is 11.2. The first-order valence-electron chi connectivity index (χ1n) is 10.3. The molecule has 0 radical (unpaired) electrons. The third-order valence-corrected chi connectivity index (χ3v) is 5.63. The van der Waals surface area contributed by atoms with Crippen LogP contribution in [-0.4, -0.2) is 46.1 Å². The lowest BCUT2D eigenvalue weighted by atomic mass is 10.0. The number of nitrogens with zero attached hydrogens (tertiary/aromatic N) is 2. The molecule has 2 heterocycles. The molecule has 0 unspecified atom stereocenters. The van der Waals surface area contributed by atoms with E-state index < -0.39 is 42.1 Å². The van der Waals surface area contributed by atoms with Gasteiger partial charge in [0.2, 0.25) is 5.91 Å². The second-order valence-electron chi connectivity index (χ2n) is 7.13. The Bertz CT molecular complexity index is 1210. The van der Waals surface area contributed by atoms with Gasteiger partial charge in [-0.15, -0.1) is 0 Å². The Kier molecular flexibility index (Phi) is 8.15. The zero-order chi connectivity index (χ0) is 25.5. The number of amides is 3. The van der Waals surface area contributed by atoms with E-state index in [1.165, 1.54) is 18.4 Å². The van der Waals surface area contributed by atoms with Crippen molar-refractivity contribution >= 4 is 40.9 Å². The average Bonchev–Trinajstić information content (AvgIpc) is 3.47. The number of anilines is 1. The van der Waals surface area contributed by atoms with Crippen molar-refractivity contribution in [1.82, 2.24) is 14.6 Å². The van der Waals surface area contributed by atoms with Gasteiger partial charge < -0.3 is 30.8 Å². The topological polar surface area (TPSA) is 171 Å². The second-order valence-corrected chi connectivity index (χ2v) is 7.90. The molecule has 184 valence electrons.